The van der Waals surface area contributed by atoms with Crippen LogP contribution in [-0.4, -0.2) is 4.57 Å². The Morgan fingerprint density at radius 1 is 0.857 bits per heavy atom. The Kier molecular flexibility index (Phi) is 5.01. The molecule has 0 aliphatic carbocycles. The summed E-state index contributed by atoms with van der Waals surface area (Å²) in [5.41, 5.74) is 7.27. The number of benzene rings is 3. The number of ether oxygens (including phenoxy) is 1. The number of imidazole rings is 1. The first kappa shape index (κ1) is 18.5. The van der Waals surface area contributed by atoms with E-state index in [9.17, 15) is 0 Å². The minimum Gasteiger partial charge on any atom is -0.356 e. The third-order valence-corrected chi connectivity index (χ3v) is 5.44. The van der Waals surface area contributed by atoms with Gasteiger partial charge in [0.1, 0.15) is 0 Å². The molecule has 1 atom stereocenters. The minimum atomic E-state index is -0.149. The first-order valence-corrected chi connectivity index (χ1v) is 9.71. The Balaban J connectivity index is 1.77. The molecule has 3 nitrogen and oxygen atoms in total. The molecule has 0 spiro atoms. The van der Waals surface area contributed by atoms with Crippen LogP contribution in [0.5, 0.6) is 0 Å². The van der Waals surface area contributed by atoms with E-state index in [2.05, 4.69) is 110 Å². The van der Waals surface area contributed by atoms with Crippen LogP contribution < -0.4 is 4.57 Å². The maximum atomic E-state index is 6.53. The summed E-state index contributed by atoms with van der Waals surface area (Å²) in [6, 6.07) is 25.7. The Bertz CT molecular complexity index is 1050. The quantitative estimate of drug-likeness (QED) is 0.455. The average molecular weight is 372 g/mol. The van der Waals surface area contributed by atoms with Crippen molar-refractivity contribution in [1.29, 1.82) is 0 Å². The fourth-order valence-electron chi connectivity index (χ4n) is 3.78. The van der Waals surface area contributed by atoms with E-state index in [1.165, 1.54) is 33.3 Å². The van der Waals surface area contributed by atoms with Gasteiger partial charge >= 0.3 is 0 Å². The van der Waals surface area contributed by atoms with Crippen molar-refractivity contribution in [3.63, 3.8) is 0 Å². The smallest absolute Gasteiger partial charge is 0.291 e. The highest BCUT2D eigenvalue weighted by molar-refractivity contribution is 5.72. The van der Waals surface area contributed by atoms with Crippen LogP contribution in [0.15, 0.2) is 72.8 Å². The third-order valence-electron chi connectivity index (χ3n) is 5.44. The molecule has 0 fully saturated rings. The molecule has 4 rings (SSSR count). The van der Waals surface area contributed by atoms with Gasteiger partial charge < -0.3 is 4.74 Å². The van der Waals surface area contributed by atoms with Crippen molar-refractivity contribution in [2.24, 2.45) is 14.1 Å². The molecule has 0 aliphatic heterocycles. The van der Waals surface area contributed by atoms with Crippen molar-refractivity contribution in [2.45, 2.75) is 26.6 Å². The summed E-state index contributed by atoms with van der Waals surface area (Å²) in [5, 5.41) is 0. The number of hydrogen-bond acceptors (Lipinski definition) is 1. The van der Waals surface area contributed by atoms with Crippen molar-refractivity contribution in [2.75, 3.05) is 0 Å². The zero-order valence-electron chi connectivity index (χ0n) is 17.0. The fourth-order valence-corrected chi connectivity index (χ4v) is 3.78. The molecule has 28 heavy (non-hydrogen) atoms. The SMILES string of the molecule is Cc1ccc(COC(c2ccc(C)cc2)c2n(C)c3ccccc3[n+]2C)cc1. The molecule has 4 aromatic rings. The largest absolute Gasteiger partial charge is 0.356 e. The van der Waals surface area contributed by atoms with Crippen LogP contribution in [0.2, 0.25) is 0 Å². The Labute approximate surface area is 166 Å². The lowest BCUT2D eigenvalue weighted by Crippen LogP contribution is -2.35. The van der Waals surface area contributed by atoms with E-state index in [-0.39, 0.29) is 6.10 Å². The van der Waals surface area contributed by atoms with E-state index in [0.717, 1.165) is 5.82 Å². The van der Waals surface area contributed by atoms with Crippen molar-refractivity contribution < 1.29 is 9.30 Å². The molecule has 3 heteroatoms. The standard InChI is InChI=1S/C25H27N2O/c1-18-9-13-20(14-10-18)17-28-24(21-15-11-19(2)12-16-21)25-26(3)22-7-5-6-8-23(22)27(25)4/h5-16,24H,17H2,1-4H3/q+1. The van der Waals surface area contributed by atoms with Crippen molar-refractivity contribution in [3.05, 3.63) is 101 Å². The highest BCUT2D eigenvalue weighted by Crippen LogP contribution is 2.28. The Morgan fingerprint density at radius 3 is 2.11 bits per heavy atom. The predicted octanol–water partition coefficient (Wildman–Crippen LogP) is 4.93. The lowest BCUT2D eigenvalue weighted by Gasteiger charge is -2.17. The van der Waals surface area contributed by atoms with Crippen LogP contribution in [0.25, 0.3) is 11.0 Å². The predicted molar refractivity (Wildman–Crippen MR) is 113 cm³/mol. The summed E-state index contributed by atoms with van der Waals surface area (Å²) >= 11 is 0. The number of fused-ring (bicyclic) bond motifs is 1. The first-order chi connectivity index (χ1) is 13.5. The highest BCUT2D eigenvalue weighted by Gasteiger charge is 2.30. The number of para-hydroxylation sites is 2. The molecule has 1 unspecified atom stereocenters. The fraction of sp³-hybridized carbons (Fsp3) is 0.240. The van der Waals surface area contributed by atoms with E-state index < -0.39 is 0 Å². The minimum absolute atomic E-state index is 0.149. The molecule has 1 heterocycles. The molecular formula is C25H27N2O+. The van der Waals surface area contributed by atoms with Gasteiger partial charge in [-0.05, 0) is 37.1 Å². The maximum Gasteiger partial charge on any atom is 0.291 e. The lowest BCUT2D eigenvalue weighted by molar-refractivity contribution is -0.657. The Morgan fingerprint density at radius 2 is 1.46 bits per heavy atom. The topological polar surface area (TPSA) is 18.0 Å². The van der Waals surface area contributed by atoms with Gasteiger partial charge in [0.25, 0.3) is 5.82 Å². The zero-order valence-corrected chi connectivity index (χ0v) is 17.0. The molecule has 0 aliphatic rings. The number of rotatable bonds is 5. The van der Waals surface area contributed by atoms with Crippen LogP contribution in [0.4, 0.5) is 0 Å². The third kappa shape index (κ3) is 3.46. The first-order valence-electron chi connectivity index (χ1n) is 9.71. The molecule has 0 saturated heterocycles. The molecule has 0 saturated carbocycles. The second kappa shape index (κ2) is 7.61. The number of nitrogens with zero attached hydrogens (tertiary/aromatic N) is 2. The normalized spacial score (nSPS) is 12.4. The van der Waals surface area contributed by atoms with E-state index in [4.69, 9.17) is 4.74 Å². The lowest BCUT2D eigenvalue weighted by atomic mass is 10.1. The van der Waals surface area contributed by atoms with Gasteiger partial charge in [0.05, 0.1) is 20.7 Å². The number of hydrogen-bond donors (Lipinski definition) is 0. The Hall–Kier alpha value is -2.91. The van der Waals surface area contributed by atoms with E-state index in [1.807, 2.05) is 0 Å². The molecule has 0 bridgehead atoms. The van der Waals surface area contributed by atoms with Crippen molar-refractivity contribution >= 4 is 11.0 Å². The van der Waals surface area contributed by atoms with Gasteiger partial charge in [-0.1, -0.05) is 71.8 Å². The van der Waals surface area contributed by atoms with Crippen LogP contribution in [0, 0.1) is 13.8 Å². The van der Waals surface area contributed by atoms with Gasteiger partial charge in [-0.25, -0.2) is 9.13 Å². The monoisotopic (exact) mass is 371 g/mol. The summed E-state index contributed by atoms with van der Waals surface area (Å²) < 4.78 is 11.0. The van der Waals surface area contributed by atoms with Crippen molar-refractivity contribution in [1.82, 2.24) is 4.57 Å². The van der Waals surface area contributed by atoms with Gasteiger partial charge in [0, 0.05) is 0 Å². The zero-order chi connectivity index (χ0) is 19.7. The number of aromatic nitrogens is 2. The second-order valence-corrected chi connectivity index (χ2v) is 7.55. The van der Waals surface area contributed by atoms with Gasteiger partial charge in [-0.15, -0.1) is 0 Å². The van der Waals surface area contributed by atoms with Crippen LogP contribution in [0.1, 0.15) is 34.2 Å². The second-order valence-electron chi connectivity index (χ2n) is 7.55. The summed E-state index contributed by atoms with van der Waals surface area (Å²) in [6.07, 6.45) is -0.149. The van der Waals surface area contributed by atoms with Gasteiger partial charge in [0.2, 0.25) is 0 Å². The van der Waals surface area contributed by atoms with Crippen LogP contribution in [0.3, 0.4) is 0 Å². The molecule has 142 valence electrons. The van der Waals surface area contributed by atoms with E-state index in [1.54, 1.807) is 0 Å². The summed E-state index contributed by atoms with van der Waals surface area (Å²) in [4.78, 5) is 0. The van der Waals surface area contributed by atoms with Crippen LogP contribution in [-0.2, 0) is 25.4 Å². The summed E-state index contributed by atoms with van der Waals surface area (Å²) in [7, 11) is 4.24. The molecule has 0 radical (unpaired) electrons. The van der Waals surface area contributed by atoms with E-state index in [0.29, 0.717) is 6.61 Å². The summed E-state index contributed by atoms with van der Waals surface area (Å²) in [5.74, 6) is 1.14. The van der Waals surface area contributed by atoms with Crippen LogP contribution >= 0.6 is 0 Å². The van der Waals surface area contributed by atoms with Gasteiger partial charge in [-0.3, -0.25) is 0 Å². The maximum absolute atomic E-state index is 6.53. The molecule has 1 aromatic heterocycles. The number of aryl methyl sites for hydroxylation is 4. The highest BCUT2D eigenvalue weighted by atomic mass is 16.5. The molecule has 0 amide bonds. The van der Waals surface area contributed by atoms with Gasteiger partial charge in [0.15, 0.2) is 17.1 Å². The average Bonchev–Trinajstić information content (AvgIpc) is 2.96. The molecule has 3 aromatic carbocycles. The molecule has 0 N–H and O–H groups in total. The van der Waals surface area contributed by atoms with Crippen molar-refractivity contribution in [3.8, 4) is 0 Å². The molecular weight excluding hydrogens is 344 g/mol. The van der Waals surface area contributed by atoms with E-state index >= 15 is 0 Å². The summed E-state index contributed by atoms with van der Waals surface area (Å²) in [6.45, 7) is 4.79. The van der Waals surface area contributed by atoms with Gasteiger partial charge in [-0.2, -0.15) is 0 Å².